The summed E-state index contributed by atoms with van der Waals surface area (Å²) in [6, 6.07) is 6.45. The van der Waals surface area contributed by atoms with E-state index in [1.807, 2.05) is 18.4 Å². The van der Waals surface area contributed by atoms with Gasteiger partial charge in [0.25, 0.3) is 0 Å². The van der Waals surface area contributed by atoms with Crippen LogP contribution in [0.1, 0.15) is 22.3 Å². The summed E-state index contributed by atoms with van der Waals surface area (Å²) in [6.45, 7) is 1.95. The summed E-state index contributed by atoms with van der Waals surface area (Å²) in [4.78, 5) is 4.38. The number of benzene rings is 1. The van der Waals surface area contributed by atoms with Gasteiger partial charge in [0.2, 0.25) is 0 Å². The van der Waals surface area contributed by atoms with Crippen LogP contribution in [0.2, 0.25) is 0 Å². The molecule has 1 atom stereocenters. The number of hydrazine groups is 1. The maximum absolute atomic E-state index is 13.1. The van der Waals surface area contributed by atoms with Gasteiger partial charge in [0.15, 0.2) is 0 Å². The monoisotopic (exact) mass is 251 g/mol. The Balaban J connectivity index is 2.15. The average molecular weight is 251 g/mol. The third-order valence-electron chi connectivity index (χ3n) is 2.52. The number of hydrogen-bond donors (Lipinski definition) is 2. The SMILES string of the molecule is Cc1nc(C(Cc2cccc(F)c2)NN)cs1. The van der Waals surface area contributed by atoms with E-state index in [9.17, 15) is 4.39 Å². The molecule has 0 bridgehead atoms. The van der Waals surface area contributed by atoms with Crippen molar-refractivity contribution in [3.63, 3.8) is 0 Å². The zero-order valence-corrected chi connectivity index (χ0v) is 10.3. The molecule has 3 nitrogen and oxygen atoms in total. The Bertz CT molecular complexity index is 498. The molecule has 2 rings (SSSR count). The molecule has 2 aromatic rings. The van der Waals surface area contributed by atoms with Gasteiger partial charge in [-0.05, 0) is 31.0 Å². The van der Waals surface area contributed by atoms with E-state index in [-0.39, 0.29) is 11.9 Å². The van der Waals surface area contributed by atoms with Crippen LogP contribution in [0.25, 0.3) is 0 Å². The minimum atomic E-state index is -0.229. The third-order valence-corrected chi connectivity index (χ3v) is 3.32. The van der Waals surface area contributed by atoms with Gasteiger partial charge in [0.1, 0.15) is 5.82 Å². The lowest BCUT2D eigenvalue weighted by Crippen LogP contribution is -2.29. The minimum Gasteiger partial charge on any atom is -0.271 e. The summed E-state index contributed by atoms with van der Waals surface area (Å²) >= 11 is 1.58. The molecular weight excluding hydrogens is 237 g/mol. The van der Waals surface area contributed by atoms with Crippen molar-refractivity contribution in [1.82, 2.24) is 10.4 Å². The van der Waals surface area contributed by atoms with Crippen molar-refractivity contribution < 1.29 is 4.39 Å². The van der Waals surface area contributed by atoms with Gasteiger partial charge in [-0.3, -0.25) is 11.3 Å². The predicted octanol–water partition coefficient (Wildman–Crippen LogP) is 2.34. The van der Waals surface area contributed by atoms with Gasteiger partial charge in [-0.15, -0.1) is 11.3 Å². The van der Waals surface area contributed by atoms with Crippen LogP contribution in [0.15, 0.2) is 29.6 Å². The fourth-order valence-electron chi connectivity index (χ4n) is 1.69. The molecule has 1 heterocycles. The van der Waals surface area contributed by atoms with Crippen LogP contribution in [-0.4, -0.2) is 4.98 Å². The lowest BCUT2D eigenvalue weighted by Gasteiger charge is -2.13. The lowest BCUT2D eigenvalue weighted by molar-refractivity contribution is 0.537. The number of nitrogens with zero attached hydrogens (tertiary/aromatic N) is 1. The molecule has 3 N–H and O–H groups in total. The Kier molecular flexibility index (Phi) is 3.83. The van der Waals surface area contributed by atoms with Crippen LogP contribution in [-0.2, 0) is 6.42 Å². The Morgan fingerprint density at radius 1 is 1.53 bits per heavy atom. The van der Waals surface area contributed by atoms with Gasteiger partial charge >= 0.3 is 0 Å². The molecule has 17 heavy (non-hydrogen) atoms. The van der Waals surface area contributed by atoms with E-state index in [1.165, 1.54) is 12.1 Å². The van der Waals surface area contributed by atoms with Crippen LogP contribution in [0.5, 0.6) is 0 Å². The van der Waals surface area contributed by atoms with E-state index in [0.29, 0.717) is 6.42 Å². The van der Waals surface area contributed by atoms with E-state index in [0.717, 1.165) is 16.3 Å². The van der Waals surface area contributed by atoms with Gasteiger partial charge in [-0.2, -0.15) is 0 Å². The molecule has 0 spiro atoms. The van der Waals surface area contributed by atoms with Crippen LogP contribution >= 0.6 is 11.3 Å². The number of thiazole rings is 1. The first-order chi connectivity index (χ1) is 8.19. The summed E-state index contributed by atoms with van der Waals surface area (Å²) in [5.74, 6) is 5.29. The highest BCUT2D eigenvalue weighted by Gasteiger charge is 2.13. The maximum atomic E-state index is 13.1. The number of nitrogens with two attached hydrogens (primary N) is 1. The molecule has 1 aromatic carbocycles. The average Bonchev–Trinajstić information content (AvgIpc) is 2.73. The van der Waals surface area contributed by atoms with Crippen LogP contribution in [0.3, 0.4) is 0 Å². The Morgan fingerprint density at radius 3 is 2.94 bits per heavy atom. The van der Waals surface area contributed by atoms with Gasteiger partial charge in [0, 0.05) is 5.38 Å². The van der Waals surface area contributed by atoms with Gasteiger partial charge in [-0.25, -0.2) is 9.37 Å². The normalized spacial score (nSPS) is 12.6. The van der Waals surface area contributed by atoms with Gasteiger partial charge < -0.3 is 0 Å². The number of aryl methyl sites for hydroxylation is 1. The van der Waals surface area contributed by atoms with E-state index in [2.05, 4.69) is 10.4 Å². The molecule has 0 amide bonds. The van der Waals surface area contributed by atoms with Crippen molar-refractivity contribution in [3.05, 3.63) is 51.7 Å². The van der Waals surface area contributed by atoms with Crippen molar-refractivity contribution in [3.8, 4) is 0 Å². The second-order valence-electron chi connectivity index (χ2n) is 3.84. The standard InChI is InChI=1S/C12H14FN3S/c1-8-15-12(7-17-8)11(16-14)6-9-3-2-4-10(13)5-9/h2-5,7,11,16H,6,14H2,1H3. The zero-order chi connectivity index (χ0) is 12.3. The Morgan fingerprint density at radius 2 is 2.35 bits per heavy atom. The summed E-state index contributed by atoms with van der Waals surface area (Å²) in [6.07, 6.45) is 0.622. The molecule has 5 heteroatoms. The van der Waals surface area contributed by atoms with Crippen molar-refractivity contribution in [1.29, 1.82) is 0 Å². The van der Waals surface area contributed by atoms with E-state index in [1.54, 1.807) is 17.4 Å². The van der Waals surface area contributed by atoms with Crippen molar-refractivity contribution in [2.24, 2.45) is 5.84 Å². The van der Waals surface area contributed by atoms with Crippen molar-refractivity contribution in [2.45, 2.75) is 19.4 Å². The maximum Gasteiger partial charge on any atom is 0.123 e. The molecule has 0 aliphatic rings. The highest BCUT2D eigenvalue weighted by Crippen LogP contribution is 2.20. The highest BCUT2D eigenvalue weighted by atomic mass is 32.1. The molecule has 0 radical (unpaired) electrons. The predicted molar refractivity (Wildman–Crippen MR) is 67.0 cm³/mol. The quantitative estimate of drug-likeness (QED) is 0.648. The summed E-state index contributed by atoms with van der Waals surface area (Å²) in [5, 5.41) is 2.97. The number of hydrogen-bond acceptors (Lipinski definition) is 4. The molecule has 0 aliphatic heterocycles. The highest BCUT2D eigenvalue weighted by molar-refractivity contribution is 7.09. The summed E-state index contributed by atoms with van der Waals surface area (Å²) < 4.78 is 13.1. The Labute approximate surface area is 103 Å². The largest absolute Gasteiger partial charge is 0.271 e. The zero-order valence-electron chi connectivity index (χ0n) is 9.48. The fourth-order valence-corrected chi connectivity index (χ4v) is 2.36. The smallest absolute Gasteiger partial charge is 0.123 e. The number of halogens is 1. The first-order valence-corrected chi connectivity index (χ1v) is 6.19. The molecule has 0 aliphatic carbocycles. The summed E-state index contributed by atoms with van der Waals surface area (Å²) in [7, 11) is 0. The van der Waals surface area contributed by atoms with E-state index >= 15 is 0 Å². The first-order valence-electron chi connectivity index (χ1n) is 5.31. The topological polar surface area (TPSA) is 50.9 Å². The number of rotatable bonds is 4. The van der Waals surface area contributed by atoms with E-state index in [4.69, 9.17) is 5.84 Å². The second kappa shape index (κ2) is 5.35. The third kappa shape index (κ3) is 3.09. The van der Waals surface area contributed by atoms with Crippen molar-refractivity contribution >= 4 is 11.3 Å². The Hall–Kier alpha value is -1.30. The van der Waals surface area contributed by atoms with Crippen LogP contribution in [0, 0.1) is 12.7 Å². The van der Waals surface area contributed by atoms with Gasteiger partial charge in [0.05, 0.1) is 16.7 Å². The molecule has 0 fully saturated rings. The second-order valence-corrected chi connectivity index (χ2v) is 4.91. The molecule has 0 saturated heterocycles. The molecule has 90 valence electrons. The first kappa shape index (κ1) is 12.2. The molecule has 1 unspecified atom stereocenters. The van der Waals surface area contributed by atoms with Gasteiger partial charge in [-0.1, -0.05) is 12.1 Å². The van der Waals surface area contributed by atoms with E-state index < -0.39 is 0 Å². The lowest BCUT2D eigenvalue weighted by atomic mass is 10.0. The minimum absolute atomic E-state index is 0.0817. The number of aromatic nitrogens is 1. The number of nitrogens with one attached hydrogen (secondary N) is 1. The fraction of sp³-hybridized carbons (Fsp3) is 0.250. The molecule has 1 aromatic heterocycles. The van der Waals surface area contributed by atoms with Crippen LogP contribution in [0.4, 0.5) is 4.39 Å². The molecule has 0 saturated carbocycles. The van der Waals surface area contributed by atoms with Crippen LogP contribution < -0.4 is 11.3 Å². The van der Waals surface area contributed by atoms with Crippen molar-refractivity contribution in [2.75, 3.05) is 0 Å². The summed E-state index contributed by atoms with van der Waals surface area (Å²) in [5.41, 5.74) is 4.52. The molecular formula is C12H14FN3S.